The fraction of sp³-hybridized carbons (Fsp3) is 0.381. The molecule has 0 atom stereocenters. The maximum absolute atomic E-state index is 13.3. The van der Waals surface area contributed by atoms with E-state index in [1.165, 1.54) is 4.68 Å². The summed E-state index contributed by atoms with van der Waals surface area (Å²) in [6.45, 7) is 4.05. The number of carbonyl (C=O) groups is 1. The van der Waals surface area contributed by atoms with Crippen LogP contribution in [0.2, 0.25) is 5.02 Å². The summed E-state index contributed by atoms with van der Waals surface area (Å²) in [7, 11) is 0. The van der Waals surface area contributed by atoms with E-state index in [-0.39, 0.29) is 24.1 Å². The Bertz CT molecular complexity index is 1140. The molecule has 0 saturated heterocycles. The number of aryl methyl sites for hydroxylation is 1. The minimum Gasteiger partial charge on any atom is -0.321 e. The number of carbonyl (C=O) groups excluding carboxylic acids is 1. The lowest BCUT2D eigenvalue weighted by atomic mass is 10.2. The zero-order valence-electron chi connectivity index (χ0n) is 17.0. The van der Waals surface area contributed by atoms with E-state index < -0.39 is 6.43 Å². The third-order valence-corrected chi connectivity index (χ3v) is 6.34. The molecule has 1 N–H and O–H groups in total. The van der Waals surface area contributed by atoms with Crippen molar-refractivity contribution >= 4 is 39.1 Å². The summed E-state index contributed by atoms with van der Waals surface area (Å²) >= 11 is 9.31. The summed E-state index contributed by atoms with van der Waals surface area (Å²) in [5, 5.41) is 12.0. The Labute approximate surface area is 191 Å². The van der Waals surface area contributed by atoms with Gasteiger partial charge in [-0.3, -0.25) is 14.2 Å². The van der Waals surface area contributed by atoms with Gasteiger partial charge < -0.3 is 5.32 Å². The van der Waals surface area contributed by atoms with Crippen molar-refractivity contribution in [3.05, 3.63) is 62.1 Å². The number of hydrogen-bond donors (Lipinski definition) is 1. The Morgan fingerprint density at radius 3 is 2.68 bits per heavy atom. The van der Waals surface area contributed by atoms with Crippen LogP contribution in [0.25, 0.3) is 0 Å². The summed E-state index contributed by atoms with van der Waals surface area (Å²) in [6.07, 6.45) is -0.892. The number of hydrogen-bond acceptors (Lipinski definition) is 3. The second-order valence-electron chi connectivity index (χ2n) is 7.70. The van der Waals surface area contributed by atoms with Crippen LogP contribution in [0, 0.1) is 13.8 Å². The van der Waals surface area contributed by atoms with Crippen molar-refractivity contribution in [2.75, 3.05) is 5.32 Å². The average Bonchev–Trinajstić information content (AvgIpc) is 3.43. The molecular formula is C21H21BrClF2N5O. The van der Waals surface area contributed by atoms with Crippen molar-refractivity contribution in [2.45, 2.75) is 52.1 Å². The van der Waals surface area contributed by atoms with Gasteiger partial charge in [0.05, 0.1) is 33.8 Å². The van der Waals surface area contributed by atoms with Crippen molar-refractivity contribution in [3.63, 3.8) is 0 Å². The van der Waals surface area contributed by atoms with Crippen LogP contribution in [0.1, 0.15) is 53.5 Å². The number of benzene rings is 1. The molecule has 0 aliphatic heterocycles. The van der Waals surface area contributed by atoms with Crippen molar-refractivity contribution in [1.29, 1.82) is 0 Å². The third-order valence-electron chi connectivity index (χ3n) is 5.29. The molecule has 31 heavy (non-hydrogen) atoms. The fourth-order valence-corrected chi connectivity index (χ4v) is 4.63. The molecule has 0 radical (unpaired) electrons. The van der Waals surface area contributed by atoms with E-state index in [1.807, 2.05) is 32.0 Å². The number of anilines is 1. The van der Waals surface area contributed by atoms with E-state index in [1.54, 1.807) is 10.7 Å². The van der Waals surface area contributed by atoms with Crippen LogP contribution in [0.5, 0.6) is 0 Å². The predicted octanol–water partition coefficient (Wildman–Crippen LogP) is 5.61. The van der Waals surface area contributed by atoms with E-state index in [2.05, 4.69) is 31.4 Å². The van der Waals surface area contributed by atoms with E-state index in [0.29, 0.717) is 33.1 Å². The summed E-state index contributed by atoms with van der Waals surface area (Å²) < 4.78 is 30.0. The summed E-state index contributed by atoms with van der Waals surface area (Å²) in [5.41, 5.74) is 3.41. The van der Waals surface area contributed by atoms with Crippen LogP contribution < -0.4 is 5.32 Å². The molecule has 164 valence electrons. The molecule has 10 heteroatoms. The first-order chi connectivity index (χ1) is 14.7. The molecule has 4 rings (SSSR count). The maximum Gasteiger partial charge on any atom is 0.283 e. The number of alkyl halides is 2. The molecular weight excluding hydrogens is 492 g/mol. The Morgan fingerprint density at radius 1 is 1.29 bits per heavy atom. The first-order valence-corrected chi connectivity index (χ1v) is 11.0. The van der Waals surface area contributed by atoms with Crippen molar-refractivity contribution in [2.24, 2.45) is 0 Å². The monoisotopic (exact) mass is 511 g/mol. The molecule has 1 fully saturated rings. The van der Waals surface area contributed by atoms with Crippen LogP contribution >= 0.6 is 27.5 Å². The molecule has 1 saturated carbocycles. The second-order valence-corrected chi connectivity index (χ2v) is 8.93. The number of halogens is 4. The van der Waals surface area contributed by atoms with Gasteiger partial charge in [0, 0.05) is 10.9 Å². The average molecular weight is 513 g/mol. The van der Waals surface area contributed by atoms with Gasteiger partial charge in [-0.1, -0.05) is 23.7 Å². The fourth-order valence-electron chi connectivity index (χ4n) is 3.63. The quantitative estimate of drug-likeness (QED) is 0.447. The highest BCUT2D eigenvalue weighted by Crippen LogP contribution is 2.45. The van der Waals surface area contributed by atoms with Gasteiger partial charge in [0.2, 0.25) is 5.91 Å². The Kier molecular flexibility index (Phi) is 6.16. The molecule has 6 nitrogen and oxygen atoms in total. The largest absolute Gasteiger partial charge is 0.321 e. The molecule has 0 spiro atoms. The number of nitrogens with one attached hydrogen (secondary N) is 1. The molecule has 1 aromatic carbocycles. The smallest absolute Gasteiger partial charge is 0.283 e. The highest BCUT2D eigenvalue weighted by Gasteiger charge is 2.34. The molecule has 0 unspecified atom stereocenters. The van der Waals surface area contributed by atoms with E-state index in [9.17, 15) is 13.6 Å². The molecule has 1 amide bonds. The van der Waals surface area contributed by atoms with Crippen molar-refractivity contribution in [1.82, 2.24) is 19.6 Å². The molecule has 2 aromatic heterocycles. The SMILES string of the molecule is Cc1nn(Cc2cccc(Cl)c2)c(C)c1NC(=O)Cn1nc(C(F)F)c(Br)c1C1CC1. The zero-order valence-corrected chi connectivity index (χ0v) is 19.3. The lowest BCUT2D eigenvalue weighted by molar-refractivity contribution is -0.117. The summed E-state index contributed by atoms with van der Waals surface area (Å²) in [5.74, 6) is -0.183. The van der Waals surface area contributed by atoms with Gasteiger partial charge in [0.25, 0.3) is 6.43 Å². The zero-order chi connectivity index (χ0) is 22.3. The van der Waals surface area contributed by atoms with Crippen LogP contribution in [-0.4, -0.2) is 25.5 Å². The second kappa shape index (κ2) is 8.70. The summed E-state index contributed by atoms with van der Waals surface area (Å²) in [6, 6.07) is 7.50. The van der Waals surface area contributed by atoms with Crippen LogP contribution in [0.15, 0.2) is 28.7 Å². The number of amides is 1. The van der Waals surface area contributed by atoms with Gasteiger partial charge >= 0.3 is 0 Å². The van der Waals surface area contributed by atoms with Gasteiger partial charge in [-0.25, -0.2) is 8.78 Å². The third kappa shape index (κ3) is 4.67. The van der Waals surface area contributed by atoms with Gasteiger partial charge in [-0.2, -0.15) is 10.2 Å². The molecule has 0 bridgehead atoms. The van der Waals surface area contributed by atoms with Gasteiger partial charge in [-0.05, 0) is 60.3 Å². The normalized spacial score (nSPS) is 13.8. The molecule has 1 aliphatic rings. The topological polar surface area (TPSA) is 64.7 Å². The lowest BCUT2D eigenvalue weighted by Crippen LogP contribution is -2.21. The summed E-state index contributed by atoms with van der Waals surface area (Å²) in [4.78, 5) is 12.8. The number of nitrogens with zero attached hydrogens (tertiary/aromatic N) is 4. The molecule has 1 aliphatic carbocycles. The minimum absolute atomic E-state index is 0.143. The highest BCUT2D eigenvalue weighted by molar-refractivity contribution is 9.10. The number of rotatable bonds is 7. The minimum atomic E-state index is -2.70. The maximum atomic E-state index is 13.3. The van der Waals surface area contributed by atoms with Gasteiger partial charge in [0.1, 0.15) is 12.2 Å². The van der Waals surface area contributed by atoms with Crippen molar-refractivity contribution in [3.8, 4) is 0 Å². The van der Waals surface area contributed by atoms with E-state index >= 15 is 0 Å². The van der Waals surface area contributed by atoms with E-state index in [4.69, 9.17) is 11.6 Å². The van der Waals surface area contributed by atoms with Gasteiger partial charge in [0.15, 0.2) is 0 Å². The van der Waals surface area contributed by atoms with Crippen molar-refractivity contribution < 1.29 is 13.6 Å². The Balaban J connectivity index is 1.52. The van der Waals surface area contributed by atoms with E-state index in [0.717, 1.165) is 24.1 Å². The van der Waals surface area contributed by atoms with Crippen LogP contribution in [0.4, 0.5) is 14.5 Å². The molecule has 3 aromatic rings. The lowest BCUT2D eigenvalue weighted by Gasteiger charge is -2.09. The predicted molar refractivity (Wildman–Crippen MR) is 118 cm³/mol. The number of aromatic nitrogens is 4. The van der Waals surface area contributed by atoms with Crippen LogP contribution in [-0.2, 0) is 17.9 Å². The molecule has 2 heterocycles. The first-order valence-electron chi connectivity index (χ1n) is 9.87. The Hall–Kier alpha value is -2.26. The highest BCUT2D eigenvalue weighted by atomic mass is 79.9. The Morgan fingerprint density at radius 2 is 2.03 bits per heavy atom. The first kappa shape index (κ1) is 22.0. The standard InChI is InChI=1S/C21H21BrClF2N5O/c1-11-18(12(2)29(27-11)9-13-4-3-5-15(23)8-13)26-16(31)10-30-20(14-6-7-14)17(22)19(28-30)21(24)25/h3-5,8,14,21H,6-7,9-10H2,1-2H3,(H,26,31). The van der Waals surface area contributed by atoms with Crippen LogP contribution in [0.3, 0.4) is 0 Å². The van der Waals surface area contributed by atoms with Gasteiger partial charge in [-0.15, -0.1) is 0 Å².